The van der Waals surface area contributed by atoms with Crippen LogP contribution in [0.25, 0.3) is 10.9 Å². The van der Waals surface area contributed by atoms with Gasteiger partial charge in [0.2, 0.25) is 0 Å². The molecule has 0 spiro atoms. The third-order valence-corrected chi connectivity index (χ3v) is 4.76. The summed E-state index contributed by atoms with van der Waals surface area (Å²) < 4.78 is 2.40. The molecule has 0 aliphatic heterocycles. The van der Waals surface area contributed by atoms with Crippen molar-refractivity contribution in [3.8, 4) is 0 Å². The molecule has 0 unspecified atom stereocenters. The summed E-state index contributed by atoms with van der Waals surface area (Å²) in [5.74, 6) is 0.823. The lowest BCUT2D eigenvalue weighted by atomic mass is 9.89. The second kappa shape index (κ2) is 6.19. The van der Waals surface area contributed by atoms with E-state index in [2.05, 4.69) is 22.9 Å². The molecule has 3 rings (SSSR count). The van der Waals surface area contributed by atoms with E-state index < -0.39 is 0 Å². The highest BCUT2D eigenvalue weighted by Gasteiger charge is 2.16. The van der Waals surface area contributed by atoms with E-state index in [1.54, 1.807) is 0 Å². The summed E-state index contributed by atoms with van der Waals surface area (Å²) in [5.41, 5.74) is 8.37. The fourth-order valence-corrected chi connectivity index (χ4v) is 3.66. The van der Waals surface area contributed by atoms with Crippen LogP contribution in [0, 0.1) is 5.92 Å². The quantitative estimate of drug-likeness (QED) is 0.890. The standard InChI is InChI=1S/C17H23ClN2/c18-15-6-7-16-14(8-9-19)12-20(17(16)10-15)11-13-4-2-1-3-5-13/h6-7,10,12-13H,1-5,8-9,11,19H2. The van der Waals surface area contributed by atoms with Gasteiger partial charge < -0.3 is 10.3 Å². The van der Waals surface area contributed by atoms with Crippen molar-refractivity contribution in [2.24, 2.45) is 11.7 Å². The number of hydrogen-bond acceptors (Lipinski definition) is 1. The average Bonchev–Trinajstić information content (AvgIpc) is 2.78. The Kier molecular flexibility index (Phi) is 4.32. The van der Waals surface area contributed by atoms with E-state index in [-0.39, 0.29) is 0 Å². The van der Waals surface area contributed by atoms with Crippen LogP contribution in [0.4, 0.5) is 0 Å². The number of aromatic nitrogens is 1. The van der Waals surface area contributed by atoms with Crippen LogP contribution in [-0.4, -0.2) is 11.1 Å². The van der Waals surface area contributed by atoms with Crippen LogP contribution in [0.3, 0.4) is 0 Å². The maximum atomic E-state index is 6.18. The van der Waals surface area contributed by atoms with E-state index in [0.29, 0.717) is 6.54 Å². The molecule has 0 amide bonds. The maximum absolute atomic E-state index is 6.18. The summed E-state index contributed by atoms with van der Waals surface area (Å²) >= 11 is 6.18. The molecule has 0 atom stereocenters. The molecule has 2 nitrogen and oxygen atoms in total. The SMILES string of the molecule is NCCc1cn(CC2CCCCC2)c2cc(Cl)ccc12. The Morgan fingerprint density at radius 1 is 1.20 bits per heavy atom. The Labute approximate surface area is 125 Å². The zero-order valence-electron chi connectivity index (χ0n) is 11.9. The smallest absolute Gasteiger partial charge is 0.0498 e. The van der Waals surface area contributed by atoms with Gasteiger partial charge >= 0.3 is 0 Å². The zero-order chi connectivity index (χ0) is 13.9. The van der Waals surface area contributed by atoms with Gasteiger partial charge in [0, 0.05) is 28.7 Å². The van der Waals surface area contributed by atoms with Crippen LogP contribution in [-0.2, 0) is 13.0 Å². The van der Waals surface area contributed by atoms with Crippen molar-refractivity contribution in [2.75, 3.05) is 6.54 Å². The fourth-order valence-electron chi connectivity index (χ4n) is 3.49. The molecule has 1 aliphatic rings. The molecule has 0 bridgehead atoms. The molecule has 2 N–H and O–H groups in total. The molecule has 1 aromatic heterocycles. The molecule has 1 heterocycles. The predicted molar refractivity (Wildman–Crippen MR) is 86.3 cm³/mol. The van der Waals surface area contributed by atoms with Crippen molar-refractivity contribution in [2.45, 2.75) is 45.1 Å². The third kappa shape index (κ3) is 2.87. The number of benzene rings is 1. The highest BCUT2D eigenvalue weighted by Crippen LogP contribution is 2.29. The van der Waals surface area contributed by atoms with Crippen LogP contribution in [0.15, 0.2) is 24.4 Å². The molecule has 108 valence electrons. The van der Waals surface area contributed by atoms with Gasteiger partial charge in [-0.05, 0) is 49.4 Å². The van der Waals surface area contributed by atoms with E-state index in [1.165, 1.54) is 48.6 Å². The van der Waals surface area contributed by atoms with Crippen LogP contribution in [0.5, 0.6) is 0 Å². The van der Waals surface area contributed by atoms with Crippen molar-refractivity contribution in [3.63, 3.8) is 0 Å². The second-order valence-electron chi connectivity index (χ2n) is 6.01. The minimum absolute atomic E-state index is 0.700. The Balaban J connectivity index is 1.93. The molecule has 2 aromatic rings. The molecule has 20 heavy (non-hydrogen) atoms. The van der Waals surface area contributed by atoms with Gasteiger partial charge in [0.1, 0.15) is 0 Å². The summed E-state index contributed by atoms with van der Waals surface area (Å²) in [6.45, 7) is 1.83. The highest BCUT2D eigenvalue weighted by atomic mass is 35.5. The van der Waals surface area contributed by atoms with Crippen molar-refractivity contribution in [1.82, 2.24) is 4.57 Å². The van der Waals surface area contributed by atoms with E-state index in [4.69, 9.17) is 17.3 Å². The molecule has 0 saturated heterocycles. The van der Waals surface area contributed by atoms with Crippen LogP contribution in [0.1, 0.15) is 37.7 Å². The zero-order valence-corrected chi connectivity index (χ0v) is 12.7. The number of nitrogens with zero attached hydrogens (tertiary/aromatic N) is 1. The minimum atomic E-state index is 0.700. The Morgan fingerprint density at radius 2 is 2.00 bits per heavy atom. The molecular formula is C17H23ClN2. The van der Waals surface area contributed by atoms with Crippen LogP contribution >= 0.6 is 11.6 Å². The topological polar surface area (TPSA) is 30.9 Å². The van der Waals surface area contributed by atoms with Crippen molar-refractivity contribution >= 4 is 22.5 Å². The van der Waals surface area contributed by atoms with Gasteiger partial charge in [-0.1, -0.05) is 36.9 Å². The largest absolute Gasteiger partial charge is 0.347 e. The molecule has 1 fully saturated rings. The molecule has 1 aliphatic carbocycles. The van der Waals surface area contributed by atoms with Gasteiger partial charge in [-0.3, -0.25) is 0 Å². The number of fused-ring (bicyclic) bond motifs is 1. The first-order chi connectivity index (χ1) is 9.78. The van der Waals surface area contributed by atoms with Crippen LogP contribution in [0.2, 0.25) is 5.02 Å². The van der Waals surface area contributed by atoms with E-state index in [9.17, 15) is 0 Å². The summed E-state index contributed by atoms with van der Waals surface area (Å²) in [6.07, 6.45) is 10.2. The minimum Gasteiger partial charge on any atom is -0.347 e. The van der Waals surface area contributed by atoms with Crippen molar-refractivity contribution in [3.05, 3.63) is 35.0 Å². The van der Waals surface area contributed by atoms with Gasteiger partial charge in [0.25, 0.3) is 0 Å². The van der Waals surface area contributed by atoms with E-state index in [0.717, 1.165) is 23.9 Å². The normalized spacial score (nSPS) is 16.9. The summed E-state index contributed by atoms with van der Waals surface area (Å²) in [5, 5.41) is 2.13. The fraction of sp³-hybridized carbons (Fsp3) is 0.529. The van der Waals surface area contributed by atoms with Gasteiger partial charge in [0.15, 0.2) is 0 Å². The molecular weight excluding hydrogens is 268 g/mol. The van der Waals surface area contributed by atoms with Gasteiger partial charge in [-0.15, -0.1) is 0 Å². The van der Waals surface area contributed by atoms with E-state index in [1.807, 2.05) is 6.07 Å². The second-order valence-corrected chi connectivity index (χ2v) is 6.45. The first-order valence-electron chi connectivity index (χ1n) is 7.75. The van der Waals surface area contributed by atoms with Crippen molar-refractivity contribution < 1.29 is 0 Å². The predicted octanol–water partition coefficient (Wildman–Crippen LogP) is 4.38. The van der Waals surface area contributed by atoms with Crippen LogP contribution < -0.4 is 5.73 Å². The Morgan fingerprint density at radius 3 is 2.75 bits per heavy atom. The lowest BCUT2D eigenvalue weighted by Gasteiger charge is -2.22. The average molecular weight is 291 g/mol. The number of rotatable bonds is 4. The molecule has 3 heteroatoms. The van der Waals surface area contributed by atoms with Crippen molar-refractivity contribution in [1.29, 1.82) is 0 Å². The summed E-state index contributed by atoms with van der Waals surface area (Å²) in [6, 6.07) is 6.22. The highest BCUT2D eigenvalue weighted by molar-refractivity contribution is 6.31. The number of halogens is 1. The lowest BCUT2D eigenvalue weighted by molar-refractivity contribution is 0.322. The van der Waals surface area contributed by atoms with Gasteiger partial charge in [0.05, 0.1) is 0 Å². The maximum Gasteiger partial charge on any atom is 0.0498 e. The molecule has 1 saturated carbocycles. The number of hydrogen-bond donors (Lipinski definition) is 1. The first kappa shape index (κ1) is 14.0. The summed E-state index contributed by atoms with van der Waals surface area (Å²) in [4.78, 5) is 0. The third-order valence-electron chi connectivity index (χ3n) is 4.52. The Bertz CT molecular complexity index is 582. The summed E-state index contributed by atoms with van der Waals surface area (Å²) in [7, 11) is 0. The van der Waals surface area contributed by atoms with E-state index >= 15 is 0 Å². The lowest BCUT2D eigenvalue weighted by Crippen LogP contribution is -2.13. The molecule has 0 radical (unpaired) electrons. The first-order valence-corrected chi connectivity index (χ1v) is 8.13. The molecule has 1 aromatic carbocycles. The number of nitrogens with two attached hydrogens (primary N) is 1. The Hall–Kier alpha value is -0.990. The monoisotopic (exact) mass is 290 g/mol. The van der Waals surface area contributed by atoms with Gasteiger partial charge in [-0.2, -0.15) is 0 Å². The van der Waals surface area contributed by atoms with Gasteiger partial charge in [-0.25, -0.2) is 0 Å².